The molecule has 0 radical (unpaired) electrons. The highest BCUT2D eigenvalue weighted by Crippen LogP contribution is 2.26. The Morgan fingerprint density at radius 1 is 1.30 bits per heavy atom. The number of aromatic nitrogens is 1. The molecule has 0 bridgehead atoms. The van der Waals surface area contributed by atoms with Crippen molar-refractivity contribution in [1.82, 2.24) is 4.98 Å². The third kappa shape index (κ3) is 3.43. The fourth-order valence-corrected chi connectivity index (χ4v) is 1.76. The van der Waals surface area contributed by atoms with Gasteiger partial charge in [-0.1, -0.05) is 28.1 Å². The molecule has 2 aromatic rings. The summed E-state index contributed by atoms with van der Waals surface area (Å²) in [6.45, 7) is 0.176. The van der Waals surface area contributed by atoms with Crippen LogP contribution < -0.4 is 16.0 Å². The van der Waals surface area contributed by atoms with E-state index in [1.54, 1.807) is 0 Å². The number of hydrogen-bond acceptors (Lipinski definition) is 6. The van der Waals surface area contributed by atoms with Crippen molar-refractivity contribution in [3.63, 3.8) is 0 Å². The predicted octanol–water partition coefficient (Wildman–Crippen LogP) is 2.62. The summed E-state index contributed by atoms with van der Waals surface area (Å²) in [5.41, 5.74) is 2.98. The van der Waals surface area contributed by atoms with Crippen molar-refractivity contribution >= 4 is 27.4 Å². The molecular weight excluding hydrogens is 328 g/mol. The van der Waals surface area contributed by atoms with Gasteiger partial charge in [0.05, 0.1) is 4.92 Å². The van der Waals surface area contributed by atoms with Crippen LogP contribution in [0.1, 0.15) is 5.56 Å². The second-order valence-electron chi connectivity index (χ2n) is 3.84. The van der Waals surface area contributed by atoms with Crippen LogP contribution in [0.25, 0.3) is 0 Å². The molecule has 1 aromatic heterocycles. The van der Waals surface area contributed by atoms with Gasteiger partial charge in [-0.2, -0.15) is 4.98 Å². The second kappa shape index (κ2) is 6.31. The van der Waals surface area contributed by atoms with Crippen LogP contribution >= 0.6 is 15.9 Å². The Kier molecular flexibility index (Phi) is 4.49. The molecule has 7 nitrogen and oxygen atoms in total. The van der Waals surface area contributed by atoms with Gasteiger partial charge in [-0.25, -0.2) is 5.84 Å². The SMILES string of the molecule is NNc1ccc([N+](=O)[O-])c(OCc2ccc(Br)cc2)n1. The van der Waals surface area contributed by atoms with Crippen molar-refractivity contribution in [2.75, 3.05) is 5.43 Å². The van der Waals surface area contributed by atoms with Crippen molar-refractivity contribution in [2.24, 2.45) is 5.84 Å². The van der Waals surface area contributed by atoms with E-state index < -0.39 is 4.92 Å². The second-order valence-corrected chi connectivity index (χ2v) is 4.75. The van der Waals surface area contributed by atoms with Crippen molar-refractivity contribution in [2.45, 2.75) is 6.61 Å². The van der Waals surface area contributed by atoms with E-state index in [0.717, 1.165) is 10.0 Å². The number of ether oxygens (including phenoxy) is 1. The van der Waals surface area contributed by atoms with Crippen molar-refractivity contribution in [1.29, 1.82) is 0 Å². The van der Waals surface area contributed by atoms with Gasteiger partial charge in [0, 0.05) is 10.5 Å². The van der Waals surface area contributed by atoms with E-state index in [9.17, 15) is 10.1 Å². The third-order valence-corrected chi connectivity index (χ3v) is 3.00. The van der Waals surface area contributed by atoms with Gasteiger partial charge >= 0.3 is 5.69 Å². The first-order chi connectivity index (χ1) is 9.60. The summed E-state index contributed by atoms with van der Waals surface area (Å²) in [6, 6.07) is 10.1. The van der Waals surface area contributed by atoms with Crippen molar-refractivity contribution < 1.29 is 9.66 Å². The van der Waals surface area contributed by atoms with E-state index in [2.05, 4.69) is 26.3 Å². The molecule has 8 heteroatoms. The highest BCUT2D eigenvalue weighted by Gasteiger charge is 2.17. The molecule has 1 heterocycles. The molecule has 1 aromatic carbocycles. The minimum atomic E-state index is -0.551. The van der Waals surface area contributed by atoms with Gasteiger partial charge in [-0.3, -0.25) is 10.1 Å². The molecule has 104 valence electrons. The number of nitrogen functional groups attached to an aromatic ring is 1. The zero-order valence-electron chi connectivity index (χ0n) is 10.2. The van der Waals surface area contributed by atoms with Gasteiger partial charge in [-0.15, -0.1) is 0 Å². The van der Waals surface area contributed by atoms with Gasteiger partial charge in [0.25, 0.3) is 5.88 Å². The summed E-state index contributed by atoms with van der Waals surface area (Å²) < 4.78 is 6.35. The Morgan fingerprint density at radius 2 is 2.00 bits per heavy atom. The predicted molar refractivity (Wildman–Crippen MR) is 77.2 cm³/mol. The molecule has 0 fully saturated rings. The molecule has 0 saturated carbocycles. The number of nitrogens with one attached hydrogen (secondary N) is 1. The first-order valence-corrected chi connectivity index (χ1v) is 6.39. The van der Waals surface area contributed by atoms with E-state index in [1.165, 1.54) is 12.1 Å². The highest BCUT2D eigenvalue weighted by atomic mass is 79.9. The third-order valence-electron chi connectivity index (χ3n) is 2.47. The number of nitrogens with zero attached hydrogens (tertiary/aromatic N) is 2. The number of hydrazine groups is 1. The Morgan fingerprint density at radius 3 is 2.60 bits per heavy atom. The number of nitro groups is 1. The molecule has 0 spiro atoms. The highest BCUT2D eigenvalue weighted by molar-refractivity contribution is 9.10. The van der Waals surface area contributed by atoms with Gasteiger partial charge in [0.1, 0.15) is 12.4 Å². The minimum Gasteiger partial charge on any atom is -0.468 e. The first-order valence-electron chi connectivity index (χ1n) is 5.59. The molecule has 0 aliphatic rings. The van der Waals surface area contributed by atoms with Crippen LogP contribution in [0.15, 0.2) is 40.9 Å². The molecule has 0 aliphatic heterocycles. The van der Waals surface area contributed by atoms with Gasteiger partial charge < -0.3 is 10.2 Å². The molecule has 0 aliphatic carbocycles. The van der Waals surface area contributed by atoms with E-state index in [0.29, 0.717) is 5.82 Å². The summed E-state index contributed by atoms with van der Waals surface area (Å²) in [5, 5.41) is 10.9. The number of halogens is 1. The van der Waals surface area contributed by atoms with E-state index in [1.807, 2.05) is 24.3 Å². The molecule has 20 heavy (non-hydrogen) atoms. The van der Waals surface area contributed by atoms with Crippen LogP contribution in [0.4, 0.5) is 11.5 Å². The lowest BCUT2D eigenvalue weighted by Crippen LogP contribution is -2.10. The fraction of sp³-hybridized carbons (Fsp3) is 0.0833. The summed E-state index contributed by atoms with van der Waals surface area (Å²) >= 11 is 3.33. The summed E-state index contributed by atoms with van der Waals surface area (Å²) in [4.78, 5) is 14.3. The molecule has 0 saturated heterocycles. The van der Waals surface area contributed by atoms with Gasteiger partial charge in [-0.05, 0) is 23.8 Å². The van der Waals surface area contributed by atoms with Crippen LogP contribution in [0, 0.1) is 10.1 Å². The minimum absolute atomic E-state index is 0.0756. The molecule has 3 N–H and O–H groups in total. The van der Waals surface area contributed by atoms with E-state index >= 15 is 0 Å². The number of anilines is 1. The maximum atomic E-state index is 10.9. The summed E-state index contributed by atoms with van der Waals surface area (Å²) in [6.07, 6.45) is 0. The summed E-state index contributed by atoms with van der Waals surface area (Å²) in [7, 11) is 0. The zero-order chi connectivity index (χ0) is 14.5. The van der Waals surface area contributed by atoms with Crippen LogP contribution in [0.2, 0.25) is 0 Å². The Bertz CT molecular complexity index is 619. The van der Waals surface area contributed by atoms with Gasteiger partial charge in [0.2, 0.25) is 0 Å². The maximum absolute atomic E-state index is 10.9. The Hall–Kier alpha value is -2.19. The Labute approximate surface area is 123 Å². The Balaban J connectivity index is 2.18. The number of hydrogen-bond donors (Lipinski definition) is 2. The zero-order valence-corrected chi connectivity index (χ0v) is 11.8. The monoisotopic (exact) mass is 338 g/mol. The molecule has 0 amide bonds. The lowest BCUT2D eigenvalue weighted by Gasteiger charge is -2.07. The maximum Gasteiger partial charge on any atom is 0.331 e. The van der Waals surface area contributed by atoms with Crippen molar-refractivity contribution in [3.05, 3.63) is 56.5 Å². The molecule has 2 rings (SSSR count). The molecule has 0 atom stereocenters. The lowest BCUT2D eigenvalue weighted by molar-refractivity contribution is -0.386. The number of rotatable bonds is 5. The van der Waals surface area contributed by atoms with Crippen LogP contribution in [0.3, 0.4) is 0 Å². The normalized spacial score (nSPS) is 10.1. The van der Waals surface area contributed by atoms with Crippen LogP contribution in [0.5, 0.6) is 5.88 Å². The molecule has 0 unspecified atom stereocenters. The average molecular weight is 339 g/mol. The van der Waals surface area contributed by atoms with Gasteiger partial charge in [0.15, 0.2) is 0 Å². The average Bonchev–Trinajstić information content (AvgIpc) is 2.46. The van der Waals surface area contributed by atoms with E-state index in [-0.39, 0.29) is 18.2 Å². The molecular formula is C12H11BrN4O3. The largest absolute Gasteiger partial charge is 0.468 e. The summed E-state index contributed by atoms with van der Waals surface area (Å²) in [5.74, 6) is 5.44. The van der Waals surface area contributed by atoms with E-state index in [4.69, 9.17) is 10.6 Å². The van der Waals surface area contributed by atoms with Crippen molar-refractivity contribution in [3.8, 4) is 5.88 Å². The number of pyridine rings is 1. The first kappa shape index (κ1) is 14.2. The quantitative estimate of drug-likeness (QED) is 0.493. The fourth-order valence-electron chi connectivity index (χ4n) is 1.49. The standard InChI is InChI=1S/C12H11BrN4O3/c13-9-3-1-8(2-4-9)7-20-12-10(17(18)19)5-6-11(15-12)16-14/h1-6H,7,14H2,(H,15,16). The topological polar surface area (TPSA) is 103 Å². The smallest absolute Gasteiger partial charge is 0.331 e. The van der Waals surface area contributed by atoms with Crippen LogP contribution in [-0.2, 0) is 6.61 Å². The number of nitrogens with two attached hydrogens (primary N) is 1. The number of benzene rings is 1. The lowest BCUT2D eigenvalue weighted by atomic mass is 10.2. The van der Waals surface area contributed by atoms with Crippen LogP contribution in [-0.4, -0.2) is 9.91 Å².